The Morgan fingerprint density at radius 2 is 1.23 bits per heavy atom. The highest BCUT2D eigenvalue weighted by Gasteiger charge is 2.28. The van der Waals surface area contributed by atoms with Crippen LogP contribution in [0.25, 0.3) is 0 Å². The fourth-order valence-corrected chi connectivity index (χ4v) is 3.55. The number of carbonyl (C=O) groups excluding carboxylic acids is 1. The maximum absolute atomic E-state index is 12.3. The molecule has 0 aromatic heterocycles. The number of benzene rings is 2. The predicted octanol–water partition coefficient (Wildman–Crippen LogP) is 7.70. The smallest absolute Gasteiger partial charge is 0.316 e. The summed E-state index contributed by atoms with van der Waals surface area (Å²) in [5.41, 5.74) is 1.60. The van der Waals surface area contributed by atoms with Crippen LogP contribution in [0.1, 0.15) is 92.2 Å². The zero-order valence-electron chi connectivity index (χ0n) is 20.7. The van der Waals surface area contributed by atoms with Crippen molar-refractivity contribution in [3.63, 3.8) is 0 Å². The molecule has 0 spiro atoms. The Hall–Kier alpha value is -2.29. The molecule has 0 aliphatic rings. The Balaban J connectivity index is 2.15. The Kier molecular flexibility index (Phi) is 7.97. The lowest BCUT2D eigenvalue weighted by atomic mass is 9.78. The molecule has 0 aliphatic carbocycles. The number of esters is 1. The van der Waals surface area contributed by atoms with Gasteiger partial charge in [-0.1, -0.05) is 65.3 Å². The third-order valence-electron chi connectivity index (χ3n) is 6.69. The van der Waals surface area contributed by atoms with Crippen LogP contribution in [0, 0.1) is 5.41 Å². The third-order valence-corrected chi connectivity index (χ3v) is 6.69. The normalized spacial score (nSPS) is 14.1. The van der Waals surface area contributed by atoms with Crippen molar-refractivity contribution in [3.8, 4) is 11.5 Å². The van der Waals surface area contributed by atoms with Crippen molar-refractivity contribution in [2.24, 2.45) is 5.41 Å². The summed E-state index contributed by atoms with van der Waals surface area (Å²) in [5.74, 6) is 1.31. The molecule has 0 N–H and O–H groups in total. The summed E-state index contributed by atoms with van der Waals surface area (Å²) in [7, 11) is 0. The van der Waals surface area contributed by atoms with E-state index in [1.54, 1.807) is 0 Å². The van der Waals surface area contributed by atoms with E-state index in [9.17, 15) is 4.79 Å². The minimum absolute atomic E-state index is 0.120. The average molecular weight is 425 g/mol. The van der Waals surface area contributed by atoms with Gasteiger partial charge >= 0.3 is 5.97 Å². The van der Waals surface area contributed by atoms with E-state index in [1.165, 1.54) is 11.1 Å². The molecule has 2 aromatic rings. The highest BCUT2D eigenvalue weighted by atomic mass is 16.5. The van der Waals surface area contributed by atoms with Gasteiger partial charge in [-0.25, -0.2) is 0 Å². The van der Waals surface area contributed by atoms with Crippen LogP contribution < -0.4 is 9.47 Å². The highest BCUT2D eigenvalue weighted by Crippen LogP contribution is 2.35. The SMILES string of the molecule is CCCC(C)(CC)Oc1ccc(C(C)(C)c2ccc(OC(=O)C(C)(C)CC)cc2)cc1. The molecule has 0 amide bonds. The number of ether oxygens (including phenoxy) is 2. The fraction of sp³-hybridized carbons (Fsp3) is 0.536. The van der Waals surface area contributed by atoms with Gasteiger partial charge in [-0.3, -0.25) is 4.79 Å². The van der Waals surface area contributed by atoms with Gasteiger partial charge in [-0.15, -0.1) is 0 Å². The van der Waals surface area contributed by atoms with Gasteiger partial charge in [0.05, 0.1) is 5.41 Å². The van der Waals surface area contributed by atoms with Gasteiger partial charge in [0.1, 0.15) is 17.1 Å². The van der Waals surface area contributed by atoms with E-state index in [4.69, 9.17) is 9.47 Å². The van der Waals surface area contributed by atoms with Crippen molar-refractivity contribution in [2.45, 2.75) is 92.1 Å². The Morgan fingerprint density at radius 3 is 1.65 bits per heavy atom. The summed E-state index contributed by atoms with van der Waals surface area (Å²) in [6, 6.07) is 16.3. The molecule has 1 unspecified atom stereocenters. The first-order chi connectivity index (χ1) is 14.5. The fourth-order valence-electron chi connectivity index (χ4n) is 3.55. The minimum Gasteiger partial charge on any atom is -0.488 e. The third kappa shape index (κ3) is 6.12. The van der Waals surface area contributed by atoms with Gasteiger partial charge in [-0.05, 0) is 75.4 Å². The summed E-state index contributed by atoms with van der Waals surface area (Å²) in [5, 5.41) is 0. The van der Waals surface area contributed by atoms with E-state index in [0.29, 0.717) is 5.75 Å². The molecule has 0 fully saturated rings. The number of rotatable bonds is 10. The summed E-state index contributed by atoms with van der Waals surface area (Å²) < 4.78 is 11.9. The van der Waals surface area contributed by atoms with E-state index in [1.807, 2.05) is 45.0 Å². The van der Waals surface area contributed by atoms with Gasteiger partial charge in [0.15, 0.2) is 0 Å². The quantitative estimate of drug-likeness (QED) is 0.289. The van der Waals surface area contributed by atoms with E-state index >= 15 is 0 Å². The van der Waals surface area contributed by atoms with E-state index in [2.05, 4.69) is 58.9 Å². The van der Waals surface area contributed by atoms with Gasteiger partial charge in [0.25, 0.3) is 0 Å². The lowest BCUT2D eigenvalue weighted by Crippen LogP contribution is -2.31. The molecule has 3 nitrogen and oxygen atoms in total. The Morgan fingerprint density at radius 1 is 0.742 bits per heavy atom. The van der Waals surface area contributed by atoms with Crippen LogP contribution in [-0.2, 0) is 10.2 Å². The van der Waals surface area contributed by atoms with Crippen molar-refractivity contribution in [3.05, 3.63) is 59.7 Å². The van der Waals surface area contributed by atoms with Gasteiger partial charge < -0.3 is 9.47 Å². The van der Waals surface area contributed by atoms with E-state index < -0.39 is 5.41 Å². The van der Waals surface area contributed by atoms with Crippen LogP contribution in [0.3, 0.4) is 0 Å². The first kappa shape index (κ1) is 25.0. The van der Waals surface area contributed by atoms with Crippen LogP contribution in [0.2, 0.25) is 0 Å². The second-order valence-corrected chi connectivity index (χ2v) is 9.96. The van der Waals surface area contributed by atoms with Crippen molar-refractivity contribution in [2.75, 3.05) is 0 Å². The zero-order chi connectivity index (χ0) is 23.3. The molecule has 0 heterocycles. The van der Waals surface area contributed by atoms with Crippen LogP contribution in [0.5, 0.6) is 11.5 Å². The molecule has 0 aliphatic heterocycles. The van der Waals surface area contributed by atoms with E-state index in [0.717, 1.165) is 31.4 Å². The topological polar surface area (TPSA) is 35.5 Å². The van der Waals surface area contributed by atoms with Crippen molar-refractivity contribution in [1.29, 1.82) is 0 Å². The molecule has 0 saturated heterocycles. The van der Waals surface area contributed by atoms with Crippen molar-refractivity contribution in [1.82, 2.24) is 0 Å². The van der Waals surface area contributed by atoms with Gasteiger partial charge in [0, 0.05) is 5.41 Å². The summed E-state index contributed by atoms with van der Waals surface area (Å²) in [6.45, 7) is 16.8. The molecule has 0 radical (unpaired) electrons. The predicted molar refractivity (Wildman–Crippen MR) is 129 cm³/mol. The molecule has 0 bridgehead atoms. The number of hydrogen-bond acceptors (Lipinski definition) is 3. The Bertz CT molecular complexity index is 847. The zero-order valence-corrected chi connectivity index (χ0v) is 20.7. The molecule has 1 atom stereocenters. The molecule has 0 saturated carbocycles. The number of hydrogen-bond donors (Lipinski definition) is 0. The van der Waals surface area contributed by atoms with Crippen molar-refractivity contribution < 1.29 is 14.3 Å². The molecule has 170 valence electrons. The first-order valence-electron chi connectivity index (χ1n) is 11.6. The Labute approximate surface area is 189 Å². The summed E-state index contributed by atoms with van der Waals surface area (Å²) in [6.07, 6.45) is 3.88. The molecule has 31 heavy (non-hydrogen) atoms. The first-order valence-corrected chi connectivity index (χ1v) is 11.6. The maximum atomic E-state index is 12.3. The molecular weight excluding hydrogens is 384 g/mol. The second-order valence-electron chi connectivity index (χ2n) is 9.96. The maximum Gasteiger partial charge on any atom is 0.316 e. The molecular formula is C28H40O3. The summed E-state index contributed by atoms with van der Waals surface area (Å²) >= 11 is 0. The van der Waals surface area contributed by atoms with Crippen LogP contribution in [-0.4, -0.2) is 11.6 Å². The van der Waals surface area contributed by atoms with Crippen molar-refractivity contribution >= 4 is 5.97 Å². The largest absolute Gasteiger partial charge is 0.488 e. The van der Waals surface area contributed by atoms with Gasteiger partial charge in [0.2, 0.25) is 0 Å². The lowest BCUT2D eigenvalue weighted by molar-refractivity contribution is -0.144. The van der Waals surface area contributed by atoms with Crippen LogP contribution in [0.4, 0.5) is 0 Å². The molecule has 2 aromatic carbocycles. The summed E-state index contributed by atoms with van der Waals surface area (Å²) in [4.78, 5) is 12.3. The van der Waals surface area contributed by atoms with Gasteiger partial charge in [-0.2, -0.15) is 0 Å². The van der Waals surface area contributed by atoms with Crippen LogP contribution in [0.15, 0.2) is 48.5 Å². The average Bonchev–Trinajstić information content (AvgIpc) is 2.74. The highest BCUT2D eigenvalue weighted by molar-refractivity contribution is 5.78. The minimum atomic E-state index is -0.479. The monoisotopic (exact) mass is 424 g/mol. The van der Waals surface area contributed by atoms with Crippen LogP contribution >= 0.6 is 0 Å². The lowest BCUT2D eigenvalue weighted by Gasteiger charge is -2.30. The molecule has 2 rings (SSSR count). The molecule has 3 heteroatoms. The second kappa shape index (κ2) is 9.89. The number of carbonyl (C=O) groups is 1. The standard InChI is InChI=1S/C28H40O3/c1-9-20-28(8,11-3)31-24-18-14-22(15-19-24)27(6,7)21-12-16-23(17-13-21)30-25(29)26(4,5)10-2/h12-19H,9-11,20H2,1-8H3. The van der Waals surface area contributed by atoms with E-state index in [-0.39, 0.29) is 17.0 Å².